The SMILES string of the molecule is O=C(CSc1ccccc1Br)N(c1ccccc1)[C@@H]1CCS(=O)(=O)C1. The second-order valence-electron chi connectivity index (χ2n) is 5.88. The van der Waals surface area contributed by atoms with Crippen LogP contribution in [0.4, 0.5) is 5.69 Å². The standard InChI is InChI=1S/C18H18BrNO3S2/c19-16-8-4-5-9-17(16)24-12-18(21)20(14-6-2-1-3-7-14)15-10-11-25(22,23)13-15/h1-9,15H,10-13H2/t15-/m1/s1. The molecule has 0 radical (unpaired) electrons. The van der Waals surface area contributed by atoms with Crippen molar-refractivity contribution in [2.75, 3.05) is 22.2 Å². The van der Waals surface area contributed by atoms with Gasteiger partial charge in [-0.25, -0.2) is 8.42 Å². The average molecular weight is 440 g/mol. The van der Waals surface area contributed by atoms with Crippen molar-refractivity contribution in [3.05, 3.63) is 59.1 Å². The minimum Gasteiger partial charge on any atom is -0.308 e. The van der Waals surface area contributed by atoms with Crippen LogP contribution in [0.1, 0.15) is 6.42 Å². The average Bonchev–Trinajstić information content (AvgIpc) is 2.95. The van der Waals surface area contributed by atoms with Crippen molar-refractivity contribution in [3.8, 4) is 0 Å². The highest BCUT2D eigenvalue weighted by Gasteiger charge is 2.35. The van der Waals surface area contributed by atoms with E-state index >= 15 is 0 Å². The van der Waals surface area contributed by atoms with Crippen molar-refractivity contribution in [1.82, 2.24) is 0 Å². The lowest BCUT2D eigenvalue weighted by atomic mass is 10.2. The minimum atomic E-state index is -3.06. The number of amides is 1. The molecule has 0 bridgehead atoms. The molecule has 2 aromatic carbocycles. The highest BCUT2D eigenvalue weighted by atomic mass is 79.9. The topological polar surface area (TPSA) is 54.5 Å². The number of anilines is 1. The van der Waals surface area contributed by atoms with Gasteiger partial charge in [0.1, 0.15) is 0 Å². The maximum atomic E-state index is 12.9. The number of hydrogen-bond donors (Lipinski definition) is 0. The summed E-state index contributed by atoms with van der Waals surface area (Å²) in [5.41, 5.74) is 0.752. The number of benzene rings is 2. The Bertz CT molecular complexity index is 856. The number of halogens is 1. The fourth-order valence-electron chi connectivity index (χ4n) is 2.90. The maximum Gasteiger partial charge on any atom is 0.237 e. The van der Waals surface area contributed by atoms with Crippen LogP contribution in [0.25, 0.3) is 0 Å². The molecule has 1 aliphatic rings. The van der Waals surface area contributed by atoms with Gasteiger partial charge < -0.3 is 4.90 Å². The molecule has 0 N–H and O–H groups in total. The summed E-state index contributed by atoms with van der Waals surface area (Å²) in [7, 11) is -3.06. The van der Waals surface area contributed by atoms with Gasteiger partial charge in [-0.3, -0.25) is 4.79 Å². The molecule has 1 heterocycles. The van der Waals surface area contributed by atoms with Gasteiger partial charge in [0.25, 0.3) is 0 Å². The number of nitrogens with zero attached hydrogens (tertiary/aromatic N) is 1. The lowest BCUT2D eigenvalue weighted by molar-refractivity contribution is -0.116. The van der Waals surface area contributed by atoms with Gasteiger partial charge in [-0.2, -0.15) is 0 Å². The van der Waals surface area contributed by atoms with Crippen LogP contribution in [-0.4, -0.2) is 37.6 Å². The number of carbonyl (C=O) groups excluding carboxylic acids is 1. The molecular formula is C18H18BrNO3S2. The zero-order valence-corrected chi connectivity index (χ0v) is 16.7. The molecule has 1 aliphatic heterocycles. The van der Waals surface area contributed by atoms with E-state index in [1.54, 1.807) is 4.90 Å². The maximum absolute atomic E-state index is 12.9. The zero-order chi connectivity index (χ0) is 17.9. The van der Waals surface area contributed by atoms with E-state index in [0.717, 1.165) is 15.1 Å². The molecule has 1 amide bonds. The molecule has 1 saturated heterocycles. The predicted molar refractivity (Wildman–Crippen MR) is 106 cm³/mol. The number of sulfone groups is 1. The lowest BCUT2D eigenvalue weighted by Gasteiger charge is -2.28. The molecule has 1 fully saturated rings. The number of rotatable bonds is 5. The van der Waals surface area contributed by atoms with E-state index in [9.17, 15) is 13.2 Å². The summed E-state index contributed by atoms with van der Waals surface area (Å²) >= 11 is 4.93. The van der Waals surface area contributed by atoms with E-state index in [4.69, 9.17) is 0 Å². The summed E-state index contributed by atoms with van der Waals surface area (Å²) in [4.78, 5) is 15.6. The van der Waals surface area contributed by atoms with Crippen LogP contribution in [0.2, 0.25) is 0 Å². The van der Waals surface area contributed by atoms with Gasteiger partial charge in [0.15, 0.2) is 9.84 Å². The third-order valence-corrected chi connectivity index (χ3v) is 7.83. The second-order valence-corrected chi connectivity index (χ2v) is 9.98. The van der Waals surface area contributed by atoms with Gasteiger partial charge in [-0.1, -0.05) is 30.3 Å². The van der Waals surface area contributed by atoms with Gasteiger partial charge in [0, 0.05) is 15.1 Å². The smallest absolute Gasteiger partial charge is 0.237 e. The molecule has 0 saturated carbocycles. The first-order valence-electron chi connectivity index (χ1n) is 7.91. The third kappa shape index (κ3) is 4.65. The number of thioether (sulfide) groups is 1. The first-order chi connectivity index (χ1) is 12.0. The van der Waals surface area contributed by atoms with Crippen LogP contribution in [0.3, 0.4) is 0 Å². The zero-order valence-electron chi connectivity index (χ0n) is 13.5. The highest BCUT2D eigenvalue weighted by molar-refractivity contribution is 9.10. The van der Waals surface area contributed by atoms with E-state index in [2.05, 4.69) is 15.9 Å². The van der Waals surface area contributed by atoms with E-state index in [1.807, 2.05) is 54.6 Å². The molecule has 3 rings (SSSR count). The molecule has 1 atom stereocenters. The van der Waals surface area contributed by atoms with Crippen molar-refractivity contribution >= 4 is 49.1 Å². The largest absolute Gasteiger partial charge is 0.308 e. The number of hydrogen-bond acceptors (Lipinski definition) is 4. The minimum absolute atomic E-state index is 0.0351. The first-order valence-corrected chi connectivity index (χ1v) is 11.5. The fourth-order valence-corrected chi connectivity index (χ4v) is 6.02. The number of para-hydroxylation sites is 1. The summed E-state index contributed by atoms with van der Waals surface area (Å²) in [6.45, 7) is 0. The Kier molecular flexibility index (Phi) is 5.86. The van der Waals surface area contributed by atoms with Crippen LogP contribution >= 0.6 is 27.7 Å². The van der Waals surface area contributed by atoms with Gasteiger partial charge in [-0.05, 0) is 46.6 Å². The number of carbonyl (C=O) groups is 1. The lowest BCUT2D eigenvalue weighted by Crippen LogP contribution is -2.42. The molecule has 7 heteroatoms. The van der Waals surface area contributed by atoms with Crippen LogP contribution in [0.15, 0.2) is 64.0 Å². The highest BCUT2D eigenvalue weighted by Crippen LogP contribution is 2.29. The van der Waals surface area contributed by atoms with Crippen molar-refractivity contribution in [2.45, 2.75) is 17.4 Å². The van der Waals surface area contributed by atoms with Crippen molar-refractivity contribution < 1.29 is 13.2 Å². The van der Waals surface area contributed by atoms with Gasteiger partial charge in [0.05, 0.1) is 23.3 Å². The Hall–Kier alpha value is -1.31. The predicted octanol–water partition coefficient (Wildman–Crippen LogP) is 3.76. The van der Waals surface area contributed by atoms with Crippen LogP contribution in [0, 0.1) is 0 Å². The third-order valence-electron chi connectivity index (χ3n) is 4.06. The first kappa shape index (κ1) is 18.5. The molecule has 25 heavy (non-hydrogen) atoms. The summed E-state index contributed by atoms with van der Waals surface area (Å²) in [5.74, 6) is 0.363. The fraction of sp³-hybridized carbons (Fsp3) is 0.278. The van der Waals surface area contributed by atoms with E-state index < -0.39 is 9.84 Å². The van der Waals surface area contributed by atoms with Crippen molar-refractivity contribution in [1.29, 1.82) is 0 Å². The Balaban J connectivity index is 1.79. The van der Waals surface area contributed by atoms with Crippen LogP contribution in [0.5, 0.6) is 0 Å². The van der Waals surface area contributed by atoms with E-state index in [0.29, 0.717) is 6.42 Å². The Morgan fingerprint density at radius 1 is 1.12 bits per heavy atom. The monoisotopic (exact) mass is 439 g/mol. The molecule has 0 aromatic heterocycles. The molecule has 0 spiro atoms. The van der Waals surface area contributed by atoms with Crippen molar-refractivity contribution in [2.24, 2.45) is 0 Å². The molecule has 4 nitrogen and oxygen atoms in total. The Labute approximate surface area is 160 Å². The summed E-state index contributed by atoms with van der Waals surface area (Å²) in [5, 5.41) is 0. The van der Waals surface area contributed by atoms with E-state index in [-0.39, 0.29) is 29.2 Å². The quantitative estimate of drug-likeness (QED) is 0.665. The second kappa shape index (κ2) is 7.93. The molecule has 0 unspecified atom stereocenters. The molecule has 0 aliphatic carbocycles. The van der Waals surface area contributed by atoms with Gasteiger partial charge >= 0.3 is 0 Å². The Morgan fingerprint density at radius 2 is 1.80 bits per heavy atom. The molecular weight excluding hydrogens is 422 g/mol. The normalized spacial score (nSPS) is 18.8. The molecule has 2 aromatic rings. The Morgan fingerprint density at radius 3 is 2.44 bits per heavy atom. The molecule has 132 valence electrons. The van der Waals surface area contributed by atoms with Crippen LogP contribution < -0.4 is 4.90 Å². The van der Waals surface area contributed by atoms with Gasteiger partial charge in [-0.15, -0.1) is 11.8 Å². The van der Waals surface area contributed by atoms with Crippen LogP contribution in [-0.2, 0) is 14.6 Å². The van der Waals surface area contributed by atoms with Crippen molar-refractivity contribution in [3.63, 3.8) is 0 Å². The van der Waals surface area contributed by atoms with Gasteiger partial charge in [0.2, 0.25) is 5.91 Å². The van der Waals surface area contributed by atoms with E-state index in [1.165, 1.54) is 11.8 Å². The summed E-state index contributed by atoms with van der Waals surface area (Å²) in [6, 6.07) is 16.8. The summed E-state index contributed by atoms with van der Waals surface area (Å²) < 4.78 is 24.7. The summed E-state index contributed by atoms with van der Waals surface area (Å²) in [6.07, 6.45) is 0.489.